The molecule has 0 bridgehead atoms. The number of anilines is 1. The summed E-state index contributed by atoms with van der Waals surface area (Å²) in [7, 11) is -3.56. The Morgan fingerprint density at radius 1 is 1.25 bits per heavy atom. The number of nitrogens with zero attached hydrogens (tertiary/aromatic N) is 2. The van der Waals surface area contributed by atoms with E-state index in [4.69, 9.17) is 0 Å². The number of carbonyl (C=O) groups is 1. The first kappa shape index (κ1) is 18.8. The molecule has 1 aromatic carbocycles. The van der Waals surface area contributed by atoms with Gasteiger partial charge in [0.05, 0.1) is 11.9 Å². The maximum Gasteiger partial charge on any atom is 0.246 e. The molecule has 5 nitrogen and oxygen atoms in total. The SMILES string of the molecule is Cc1cc(C)cc(N(C(C)C(=O)N2CCCC(C)C2)S(C)(=O)=O)c1. The van der Waals surface area contributed by atoms with Gasteiger partial charge in [-0.3, -0.25) is 9.10 Å². The lowest BCUT2D eigenvalue weighted by atomic mass is 10.00. The fraction of sp³-hybridized carbons (Fsp3) is 0.611. The fourth-order valence-electron chi connectivity index (χ4n) is 3.53. The van der Waals surface area contributed by atoms with Crippen LogP contribution in [0.5, 0.6) is 0 Å². The molecule has 0 N–H and O–H groups in total. The third-order valence-electron chi connectivity index (χ3n) is 4.50. The number of carbonyl (C=O) groups excluding carboxylic acids is 1. The maximum absolute atomic E-state index is 12.9. The summed E-state index contributed by atoms with van der Waals surface area (Å²) in [5.74, 6) is 0.342. The summed E-state index contributed by atoms with van der Waals surface area (Å²) in [5.41, 5.74) is 2.51. The molecule has 1 aliphatic heterocycles. The Hall–Kier alpha value is -1.56. The fourth-order valence-corrected chi connectivity index (χ4v) is 4.69. The molecule has 134 valence electrons. The average Bonchev–Trinajstić information content (AvgIpc) is 2.44. The van der Waals surface area contributed by atoms with Gasteiger partial charge in [0.2, 0.25) is 15.9 Å². The van der Waals surface area contributed by atoms with Crippen LogP contribution < -0.4 is 4.31 Å². The van der Waals surface area contributed by atoms with Crippen molar-refractivity contribution < 1.29 is 13.2 Å². The molecule has 1 fully saturated rings. The molecule has 1 amide bonds. The number of likely N-dealkylation sites (tertiary alicyclic amines) is 1. The summed E-state index contributed by atoms with van der Waals surface area (Å²) in [6, 6.07) is 4.88. The highest BCUT2D eigenvalue weighted by atomic mass is 32.2. The molecule has 2 atom stereocenters. The summed E-state index contributed by atoms with van der Waals surface area (Å²) < 4.78 is 26.1. The monoisotopic (exact) mass is 352 g/mol. The molecular formula is C18H28N2O3S. The van der Waals surface area contributed by atoms with Crippen LogP contribution >= 0.6 is 0 Å². The van der Waals surface area contributed by atoms with Crippen molar-refractivity contribution in [2.45, 2.75) is 46.6 Å². The number of hydrogen-bond acceptors (Lipinski definition) is 3. The standard InChI is InChI=1S/C18H28N2O3S/c1-13-7-6-8-19(12-13)18(21)16(4)20(24(5,22)23)17-10-14(2)9-15(3)11-17/h9-11,13,16H,6-8,12H2,1-5H3. The Labute approximate surface area is 145 Å². The third kappa shape index (κ3) is 4.29. The van der Waals surface area contributed by atoms with Gasteiger partial charge in [0.25, 0.3) is 0 Å². The minimum Gasteiger partial charge on any atom is -0.341 e. The van der Waals surface area contributed by atoms with Crippen LogP contribution in [-0.4, -0.2) is 44.6 Å². The lowest BCUT2D eigenvalue weighted by Crippen LogP contribution is -2.51. The smallest absolute Gasteiger partial charge is 0.246 e. The van der Waals surface area contributed by atoms with Gasteiger partial charge >= 0.3 is 0 Å². The second-order valence-electron chi connectivity index (χ2n) is 7.11. The summed E-state index contributed by atoms with van der Waals surface area (Å²) in [6.07, 6.45) is 3.25. The van der Waals surface area contributed by atoms with E-state index in [1.54, 1.807) is 11.8 Å². The number of aryl methyl sites for hydroxylation is 2. The zero-order valence-electron chi connectivity index (χ0n) is 15.2. The predicted molar refractivity (Wildman–Crippen MR) is 97.7 cm³/mol. The quantitative estimate of drug-likeness (QED) is 0.837. The van der Waals surface area contributed by atoms with E-state index in [9.17, 15) is 13.2 Å². The molecule has 0 aliphatic carbocycles. The lowest BCUT2D eigenvalue weighted by molar-refractivity contribution is -0.133. The van der Waals surface area contributed by atoms with Crippen molar-refractivity contribution in [2.75, 3.05) is 23.7 Å². The van der Waals surface area contributed by atoms with Crippen LogP contribution in [0.4, 0.5) is 5.69 Å². The van der Waals surface area contributed by atoms with Gasteiger partial charge < -0.3 is 4.90 Å². The first-order valence-electron chi connectivity index (χ1n) is 8.46. The molecule has 1 aliphatic rings. The Kier molecular flexibility index (Phi) is 5.58. The van der Waals surface area contributed by atoms with E-state index < -0.39 is 16.1 Å². The molecular weight excluding hydrogens is 324 g/mol. The first-order valence-corrected chi connectivity index (χ1v) is 10.3. The van der Waals surface area contributed by atoms with Gasteiger partial charge in [-0.2, -0.15) is 0 Å². The molecule has 24 heavy (non-hydrogen) atoms. The van der Waals surface area contributed by atoms with Crippen molar-refractivity contribution in [2.24, 2.45) is 5.92 Å². The first-order chi connectivity index (χ1) is 11.1. The Bertz CT molecular complexity index is 695. The molecule has 1 heterocycles. The molecule has 1 aromatic rings. The molecule has 6 heteroatoms. The van der Waals surface area contributed by atoms with Crippen LogP contribution in [0.2, 0.25) is 0 Å². The third-order valence-corrected chi connectivity index (χ3v) is 5.74. The van der Waals surface area contributed by atoms with E-state index in [1.807, 2.05) is 32.0 Å². The maximum atomic E-state index is 12.9. The van der Waals surface area contributed by atoms with Gasteiger partial charge in [-0.15, -0.1) is 0 Å². The van der Waals surface area contributed by atoms with E-state index in [-0.39, 0.29) is 5.91 Å². The number of benzene rings is 1. The normalized spacial score (nSPS) is 19.9. The summed E-state index contributed by atoms with van der Waals surface area (Å²) >= 11 is 0. The highest BCUT2D eigenvalue weighted by Crippen LogP contribution is 2.25. The van der Waals surface area contributed by atoms with Crippen molar-refractivity contribution in [1.82, 2.24) is 4.90 Å². The second kappa shape index (κ2) is 7.13. The molecule has 0 saturated carbocycles. The predicted octanol–water partition coefficient (Wildman–Crippen LogP) is 2.72. The Balaban J connectivity index is 2.35. The largest absolute Gasteiger partial charge is 0.341 e. The van der Waals surface area contributed by atoms with Crippen LogP contribution in [0.25, 0.3) is 0 Å². The van der Waals surface area contributed by atoms with E-state index in [0.717, 1.165) is 30.2 Å². The van der Waals surface area contributed by atoms with Crippen molar-refractivity contribution >= 4 is 21.6 Å². The van der Waals surface area contributed by atoms with Crippen LogP contribution in [-0.2, 0) is 14.8 Å². The van der Waals surface area contributed by atoms with Crippen molar-refractivity contribution in [1.29, 1.82) is 0 Å². The number of hydrogen-bond donors (Lipinski definition) is 0. The summed E-state index contributed by atoms with van der Waals surface area (Å²) in [4.78, 5) is 14.7. The molecule has 1 saturated heterocycles. The van der Waals surface area contributed by atoms with E-state index in [0.29, 0.717) is 24.7 Å². The van der Waals surface area contributed by atoms with Crippen molar-refractivity contribution in [3.63, 3.8) is 0 Å². The van der Waals surface area contributed by atoms with Crippen LogP contribution in [0.1, 0.15) is 37.8 Å². The topological polar surface area (TPSA) is 57.7 Å². The molecule has 2 rings (SSSR count). The van der Waals surface area contributed by atoms with Gasteiger partial charge in [0.15, 0.2) is 0 Å². The Morgan fingerprint density at radius 3 is 2.33 bits per heavy atom. The molecule has 2 unspecified atom stereocenters. The number of sulfonamides is 1. The van der Waals surface area contributed by atoms with E-state index in [2.05, 4.69) is 6.92 Å². The van der Waals surface area contributed by atoms with Gasteiger partial charge in [-0.1, -0.05) is 13.0 Å². The zero-order valence-corrected chi connectivity index (χ0v) is 16.1. The highest BCUT2D eigenvalue weighted by Gasteiger charge is 2.33. The van der Waals surface area contributed by atoms with E-state index >= 15 is 0 Å². The summed E-state index contributed by atoms with van der Waals surface area (Å²) in [5, 5.41) is 0. The van der Waals surface area contributed by atoms with Crippen molar-refractivity contribution in [3.05, 3.63) is 29.3 Å². The average molecular weight is 353 g/mol. The van der Waals surface area contributed by atoms with E-state index in [1.165, 1.54) is 4.31 Å². The minimum absolute atomic E-state index is 0.119. The molecule has 0 spiro atoms. The zero-order chi connectivity index (χ0) is 18.1. The van der Waals surface area contributed by atoms with Crippen molar-refractivity contribution in [3.8, 4) is 0 Å². The number of piperidine rings is 1. The minimum atomic E-state index is -3.56. The summed E-state index contributed by atoms with van der Waals surface area (Å²) in [6.45, 7) is 9.07. The van der Waals surface area contributed by atoms with Gasteiger partial charge in [0, 0.05) is 13.1 Å². The second-order valence-corrected chi connectivity index (χ2v) is 8.97. The highest BCUT2D eigenvalue weighted by molar-refractivity contribution is 7.92. The molecule has 0 radical (unpaired) electrons. The van der Waals surface area contributed by atoms with Gasteiger partial charge in [-0.25, -0.2) is 8.42 Å². The van der Waals surface area contributed by atoms with Crippen LogP contribution in [0.15, 0.2) is 18.2 Å². The van der Waals surface area contributed by atoms with Gasteiger partial charge in [-0.05, 0) is 62.8 Å². The number of rotatable bonds is 4. The van der Waals surface area contributed by atoms with Crippen LogP contribution in [0.3, 0.4) is 0 Å². The Morgan fingerprint density at radius 2 is 1.83 bits per heavy atom. The number of amides is 1. The lowest BCUT2D eigenvalue weighted by Gasteiger charge is -2.36. The molecule has 0 aromatic heterocycles. The van der Waals surface area contributed by atoms with Gasteiger partial charge in [0.1, 0.15) is 6.04 Å². The van der Waals surface area contributed by atoms with Crippen LogP contribution in [0, 0.1) is 19.8 Å².